The summed E-state index contributed by atoms with van der Waals surface area (Å²) in [7, 11) is 0. The van der Waals surface area contributed by atoms with Gasteiger partial charge in [0.2, 0.25) is 0 Å². The van der Waals surface area contributed by atoms with E-state index in [9.17, 15) is 13.2 Å². The van der Waals surface area contributed by atoms with Gasteiger partial charge in [0.05, 0.1) is 16.9 Å². The number of nitrogens with zero attached hydrogens (tertiary/aromatic N) is 3. The summed E-state index contributed by atoms with van der Waals surface area (Å²) in [4.78, 5) is 8.16. The van der Waals surface area contributed by atoms with Crippen LogP contribution in [0, 0.1) is 19.7 Å². The van der Waals surface area contributed by atoms with Gasteiger partial charge in [-0.2, -0.15) is 0 Å². The molecule has 2 aromatic rings. The second-order valence-electron chi connectivity index (χ2n) is 5.87. The molecule has 0 bridgehead atoms. The number of benzene rings is 1. The third-order valence-electron chi connectivity index (χ3n) is 3.60. The van der Waals surface area contributed by atoms with Crippen LogP contribution in [0.1, 0.15) is 23.7 Å². The van der Waals surface area contributed by atoms with Crippen molar-refractivity contribution in [2.45, 2.75) is 26.7 Å². The molecule has 1 heterocycles. The first-order chi connectivity index (χ1) is 12.1. The number of ether oxygens (including phenoxy) is 1. The Morgan fingerprint density at radius 1 is 1.35 bits per heavy atom. The molecule has 0 atom stereocenters. The van der Waals surface area contributed by atoms with Crippen LogP contribution in [0.25, 0.3) is 0 Å². The molecule has 0 aliphatic rings. The van der Waals surface area contributed by atoms with Gasteiger partial charge in [0.15, 0.2) is 0 Å². The Morgan fingerprint density at radius 2 is 2.04 bits per heavy atom. The predicted molar refractivity (Wildman–Crippen MR) is 91.9 cm³/mol. The van der Waals surface area contributed by atoms with Crippen LogP contribution in [-0.4, -0.2) is 16.6 Å². The van der Waals surface area contributed by atoms with Crippen molar-refractivity contribution in [2.75, 3.05) is 11.6 Å². The van der Waals surface area contributed by atoms with Crippen LogP contribution in [0.15, 0.2) is 36.3 Å². The molecular weight excluding hydrogens is 347 g/mol. The number of rotatable bonds is 6. The van der Waals surface area contributed by atoms with E-state index in [1.54, 1.807) is 6.20 Å². The molecular formula is C17H20F3N5O. The lowest BCUT2D eigenvalue weighted by molar-refractivity contribution is 0.0138. The summed E-state index contributed by atoms with van der Waals surface area (Å²) in [5.41, 5.74) is 7.11. The molecule has 0 saturated heterocycles. The van der Waals surface area contributed by atoms with E-state index in [0.29, 0.717) is 6.92 Å². The van der Waals surface area contributed by atoms with Crippen LogP contribution in [-0.2, 0) is 5.92 Å². The topological polar surface area (TPSA) is 90.3 Å². The number of alkyl halides is 2. The summed E-state index contributed by atoms with van der Waals surface area (Å²) in [5.74, 6) is 1.45. The predicted octanol–water partition coefficient (Wildman–Crippen LogP) is 2.90. The molecule has 0 aliphatic heterocycles. The minimum absolute atomic E-state index is 0.0613. The van der Waals surface area contributed by atoms with E-state index >= 15 is 0 Å². The van der Waals surface area contributed by atoms with Gasteiger partial charge in [0, 0.05) is 25.0 Å². The number of halogens is 3. The highest BCUT2D eigenvalue weighted by Crippen LogP contribution is 2.31. The van der Waals surface area contributed by atoms with Crippen molar-refractivity contribution < 1.29 is 17.9 Å². The first-order valence-corrected chi connectivity index (χ1v) is 7.69. The number of aromatic nitrogens is 2. The van der Waals surface area contributed by atoms with Gasteiger partial charge in [-0.15, -0.1) is 0 Å². The minimum Gasteiger partial charge on any atom is -0.457 e. The van der Waals surface area contributed by atoms with E-state index in [-0.39, 0.29) is 24.0 Å². The average molecular weight is 367 g/mol. The highest BCUT2D eigenvalue weighted by Gasteiger charge is 2.28. The van der Waals surface area contributed by atoms with Crippen LogP contribution < -0.4 is 21.3 Å². The minimum atomic E-state index is -3.33. The Hall–Kier alpha value is -2.81. The molecule has 2 rings (SSSR count). The van der Waals surface area contributed by atoms with Gasteiger partial charge in [-0.25, -0.2) is 29.0 Å². The van der Waals surface area contributed by atoms with Crippen molar-refractivity contribution in [2.24, 2.45) is 11.6 Å². The van der Waals surface area contributed by atoms with Gasteiger partial charge < -0.3 is 10.5 Å². The molecule has 1 aromatic heterocycles. The second kappa shape index (κ2) is 7.61. The zero-order valence-corrected chi connectivity index (χ0v) is 14.6. The zero-order chi connectivity index (χ0) is 19.5. The fourth-order valence-corrected chi connectivity index (χ4v) is 2.02. The molecule has 0 fully saturated rings. The van der Waals surface area contributed by atoms with Gasteiger partial charge in [-0.1, -0.05) is 0 Å². The lowest BCUT2D eigenvalue weighted by Gasteiger charge is -2.18. The maximum Gasteiger partial charge on any atom is 0.316 e. The number of hydrazine groups is 1. The van der Waals surface area contributed by atoms with Crippen LogP contribution in [0.2, 0.25) is 0 Å². The van der Waals surface area contributed by atoms with Crippen molar-refractivity contribution in [3.8, 4) is 6.01 Å². The number of hydrogen-bond acceptors (Lipinski definition) is 6. The van der Waals surface area contributed by atoms with E-state index in [1.165, 1.54) is 12.3 Å². The average Bonchev–Trinajstić information content (AvgIpc) is 2.55. The van der Waals surface area contributed by atoms with Gasteiger partial charge >= 0.3 is 6.01 Å². The smallest absolute Gasteiger partial charge is 0.316 e. The Kier molecular flexibility index (Phi) is 5.71. The third-order valence-corrected chi connectivity index (χ3v) is 3.60. The monoisotopic (exact) mass is 367 g/mol. The van der Waals surface area contributed by atoms with Crippen molar-refractivity contribution in [3.63, 3.8) is 0 Å². The molecule has 0 saturated carbocycles. The van der Waals surface area contributed by atoms with Gasteiger partial charge in [-0.05, 0) is 37.6 Å². The van der Waals surface area contributed by atoms with E-state index < -0.39 is 17.3 Å². The molecule has 0 spiro atoms. The van der Waals surface area contributed by atoms with Gasteiger partial charge in [-0.3, -0.25) is 5.01 Å². The summed E-state index contributed by atoms with van der Waals surface area (Å²) in [6, 6.07) is 3.31. The highest BCUT2D eigenvalue weighted by molar-refractivity contribution is 5.51. The van der Waals surface area contributed by atoms with Gasteiger partial charge in [0.25, 0.3) is 5.92 Å². The van der Waals surface area contributed by atoms with E-state index in [4.69, 9.17) is 16.3 Å². The van der Waals surface area contributed by atoms with Crippen LogP contribution in [0.4, 0.5) is 18.9 Å². The number of hydrogen-bond donors (Lipinski definition) is 2. The normalized spacial score (nSPS) is 12.2. The molecule has 0 unspecified atom stereocenters. The van der Waals surface area contributed by atoms with Gasteiger partial charge in [0.1, 0.15) is 12.4 Å². The van der Waals surface area contributed by atoms with Crippen LogP contribution in [0.3, 0.4) is 0 Å². The van der Waals surface area contributed by atoms with E-state index in [1.807, 2.05) is 13.8 Å². The van der Waals surface area contributed by atoms with Crippen molar-refractivity contribution in [1.29, 1.82) is 0 Å². The fourth-order valence-electron chi connectivity index (χ4n) is 2.02. The second-order valence-corrected chi connectivity index (χ2v) is 5.87. The van der Waals surface area contributed by atoms with Crippen LogP contribution >= 0.6 is 0 Å². The zero-order valence-electron chi connectivity index (χ0n) is 14.6. The molecule has 4 N–H and O–H groups in total. The SMILES string of the molecule is Cc1cnc(OC/C(N)=C/N(N)c2ccc(F)c(C(C)(F)F)c2)nc1C. The quantitative estimate of drug-likeness (QED) is 0.603. The summed E-state index contributed by atoms with van der Waals surface area (Å²) >= 11 is 0. The summed E-state index contributed by atoms with van der Waals surface area (Å²) < 4.78 is 45.7. The Bertz CT molecular complexity index is 821. The first kappa shape index (κ1) is 19.5. The first-order valence-electron chi connectivity index (χ1n) is 7.69. The largest absolute Gasteiger partial charge is 0.457 e. The summed E-state index contributed by atoms with van der Waals surface area (Å²) in [6.07, 6.45) is 2.91. The number of nitrogens with two attached hydrogens (primary N) is 2. The molecule has 26 heavy (non-hydrogen) atoms. The lowest BCUT2D eigenvalue weighted by atomic mass is 10.1. The van der Waals surface area contributed by atoms with E-state index in [0.717, 1.165) is 28.4 Å². The third kappa shape index (κ3) is 4.85. The number of anilines is 1. The molecule has 140 valence electrons. The molecule has 0 radical (unpaired) electrons. The van der Waals surface area contributed by atoms with Crippen molar-refractivity contribution >= 4 is 5.69 Å². The molecule has 9 heteroatoms. The standard InChI is InChI=1S/C17H20F3N5O/c1-10-7-23-16(24-11(10)2)26-9-12(21)8-25(22)13-4-5-15(18)14(6-13)17(3,19)20/h4-8H,9,21-22H2,1-3H3/b12-8-. The molecule has 6 nitrogen and oxygen atoms in total. The van der Waals surface area contributed by atoms with Crippen molar-refractivity contribution in [1.82, 2.24) is 9.97 Å². The Morgan fingerprint density at radius 3 is 2.65 bits per heavy atom. The molecule has 0 amide bonds. The maximum atomic E-state index is 13.5. The van der Waals surface area contributed by atoms with Crippen LogP contribution in [0.5, 0.6) is 6.01 Å². The lowest BCUT2D eigenvalue weighted by Crippen LogP contribution is -2.28. The summed E-state index contributed by atoms with van der Waals surface area (Å²) in [6.45, 7) is 4.24. The maximum absolute atomic E-state index is 13.5. The molecule has 0 aliphatic carbocycles. The number of aryl methyl sites for hydroxylation is 2. The van der Waals surface area contributed by atoms with Crippen molar-refractivity contribution in [3.05, 3.63) is 58.9 Å². The Balaban J connectivity index is 2.09. The highest BCUT2D eigenvalue weighted by atomic mass is 19.3. The Labute approximate surface area is 149 Å². The van der Waals surface area contributed by atoms with E-state index in [2.05, 4.69) is 9.97 Å². The summed E-state index contributed by atoms with van der Waals surface area (Å²) in [5, 5.41) is 1.01. The molecule has 1 aromatic carbocycles. The fraction of sp³-hybridized carbons (Fsp3) is 0.294.